The van der Waals surface area contributed by atoms with Crippen LogP contribution in [0.3, 0.4) is 0 Å². The maximum atomic E-state index is 12.3. The van der Waals surface area contributed by atoms with Crippen LogP contribution in [0.25, 0.3) is 0 Å². The van der Waals surface area contributed by atoms with Gasteiger partial charge in [-0.3, -0.25) is 9.69 Å². The molecule has 0 radical (unpaired) electrons. The second-order valence-electron chi connectivity index (χ2n) is 6.06. The highest BCUT2D eigenvalue weighted by Crippen LogP contribution is 2.34. The quantitative estimate of drug-likeness (QED) is 0.653. The number of amides is 1. The summed E-state index contributed by atoms with van der Waals surface area (Å²) in [5, 5.41) is 2.93. The van der Waals surface area contributed by atoms with E-state index in [0.717, 1.165) is 15.6 Å². The van der Waals surface area contributed by atoms with Crippen LogP contribution in [-0.2, 0) is 17.9 Å². The average molecular weight is 437 g/mol. The lowest BCUT2D eigenvalue weighted by Gasteiger charge is -2.18. The van der Waals surface area contributed by atoms with E-state index in [9.17, 15) is 4.79 Å². The third kappa shape index (κ3) is 5.87. The minimum Gasteiger partial charge on any atom is -0.496 e. The number of carbonyl (C=O) groups is 1. The first-order valence-corrected chi connectivity index (χ1v) is 9.25. The smallest absolute Gasteiger partial charge is 0.234 e. The van der Waals surface area contributed by atoms with Crippen LogP contribution in [0.2, 0.25) is 0 Å². The molecule has 27 heavy (non-hydrogen) atoms. The van der Waals surface area contributed by atoms with Gasteiger partial charge in [-0.15, -0.1) is 0 Å². The van der Waals surface area contributed by atoms with Crippen molar-refractivity contribution >= 4 is 21.8 Å². The van der Waals surface area contributed by atoms with Crippen LogP contribution in [0.1, 0.15) is 11.1 Å². The SMILES string of the molecule is COc1cc(OC)c(OC)cc1CNC(=O)CN(C)Cc1ccccc1Br. The Morgan fingerprint density at radius 2 is 1.63 bits per heavy atom. The van der Waals surface area contributed by atoms with Crippen molar-refractivity contribution in [1.29, 1.82) is 0 Å². The van der Waals surface area contributed by atoms with E-state index in [1.165, 1.54) is 0 Å². The van der Waals surface area contributed by atoms with Crippen LogP contribution in [0.5, 0.6) is 17.2 Å². The molecule has 2 aromatic carbocycles. The standard InChI is InChI=1S/C20H25BrN2O4/c1-23(12-14-7-5-6-8-16(14)21)13-20(24)22-11-15-9-18(26-3)19(27-4)10-17(15)25-2/h5-10H,11-13H2,1-4H3,(H,22,24). The van der Waals surface area contributed by atoms with Crippen LogP contribution in [-0.4, -0.2) is 45.7 Å². The van der Waals surface area contributed by atoms with Crippen LogP contribution < -0.4 is 19.5 Å². The highest BCUT2D eigenvalue weighted by molar-refractivity contribution is 9.10. The van der Waals surface area contributed by atoms with Gasteiger partial charge in [0.1, 0.15) is 5.75 Å². The van der Waals surface area contributed by atoms with Crippen molar-refractivity contribution < 1.29 is 19.0 Å². The normalized spacial score (nSPS) is 10.6. The highest BCUT2D eigenvalue weighted by atomic mass is 79.9. The van der Waals surface area contributed by atoms with Crippen molar-refractivity contribution in [3.05, 3.63) is 52.0 Å². The second kappa shape index (κ2) is 10.2. The molecule has 0 aliphatic carbocycles. The number of rotatable bonds is 9. The average Bonchev–Trinajstić information content (AvgIpc) is 2.67. The van der Waals surface area contributed by atoms with E-state index in [1.54, 1.807) is 27.4 Å². The van der Waals surface area contributed by atoms with Gasteiger partial charge in [0.25, 0.3) is 0 Å². The zero-order valence-electron chi connectivity index (χ0n) is 16.0. The van der Waals surface area contributed by atoms with Gasteiger partial charge in [-0.25, -0.2) is 0 Å². The Hall–Kier alpha value is -2.25. The minimum absolute atomic E-state index is 0.0682. The fourth-order valence-corrected chi connectivity index (χ4v) is 3.11. The molecule has 0 heterocycles. The van der Waals surface area contributed by atoms with Gasteiger partial charge in [-0.1, -0.05) is 34.1 Å². The molecule has 1 amide bonds. The Kier molecular flexibility index (Phi) is 7.94. The van der Waals surface area contributed by atoms with Crippen molar-refractivity contribution in [2.45, 2.75) is 13.1 Å². The van der Waals surface area contributed by atoms with E-state index in [4.69, 9.17) is 14.2 Å². The van der Waals surface area contributed by atoms with Gasteiger partial charge in [0.05, 0.1) is 27.9 Å². The fourth-order valence-electron chi connectivity index (χ4n) is 2.70. The third-order valence-corrected chi connectivity index (χ3v) is 4.85. The van der Waals surface area contributed by atoms with Gasteiger partial charge in [0.2, 0.25) is 5.91 Å². The highest BCUT2D eigenvalue weighted by Gasteiger charge is 2.14. The molecule has 2 rings (SSSR count). The Morgan fingerprint density at radius 1 is 1.00 bits per heavy atom. The lowest BCUT2D eigenvalue weighted by atomic mass is 10.1. The van der Waals surface area contributed by atoms with Crippen molar-refractivity contribution in [2.75, 3.05) is 34.9 Å². The Morgan fingerprint density at radius 3 is 2.26 bits per heavy atom. The summed E-state index contributed by atoms with van der Waals surface area (Å²) in [6.07, 6.45) is 0. The Balaban J connectivity index is 1.96. The number of benzene rings is 2. The molecular weight excluding hydrogens is 412 g/mol. The molecule has 2 aromatic rings. The molecule has 0 unspecified atom stereocenters. The number of likely N-dealkylation sites (N-methyl/N-ethyl adjacent to an activating group) is 1. The van der Waals surface area contributed by atoms with E-state index < -0.39 is 0 Å². The molecule has 0 aliphatic heterocycles. The summed E-state index contributed by atoms with van der Waals surface area (Å²) in [7, 11) is 6.64. The molecule has 0 bridgehead atoms. The first kappa shape index (κ1) is 21.1. The molecule has 0 aromatic heterocycles. The monoisotopic (exact) mass is 436 g/mol. The minimum atomic E-state index is -0.0682. The summed E-state index contributed by atoms with van der Waals surface area (Å²) in [5.74, 6) is 1.74. The molecule has 0 saturated carbocycles. The van der Waals surface area contributed by atoms with Gasteiger partial charge in [-0.05, 0) is 24.7 Å². The van der Waals surface area contributed by atoms with Crippen LogP contribution >= 0.6 is 15.9 Å². The summed E-state index contributed by atoms with van der Waals surface area (Å²) in [6, 6.07) is 11.5. The predicted octanol–water partition coefficient (Wildman–Crippen LogP) is 3.22. The maximum absolute atomic E-state index is 12.3. The van der Waals surface area contributed by atoms with E-state index in [-0.39, 0.29) is 12.5 Å². The lowest BCUT2D eigenvalue weighted by Crippen LogP contribution is -2.34. The Labute approximate surface area is 168 Å². The predicted molar refractivity (Wildman–Crippen MR) is 108 cm³/mol. The van der Waals surface area contributed by atoms with Gasteiger partial charge in [0, 0.05) is 29.2 Å². The van der Waals surface area contributed by atoms with Crippen molar-refractivity contribution in [1.82, 2.24) is 10.2 Å². The van der Waals surface area contributed by atoms with Crippen molar-refractivity contribution in [2.24, 2.45) is 0 Å². The first-order chi connectivity index (χ1) is 13.0. The van der Waals surface area contributed by atoms with E-state index >= 15 is 0 Å². The van der Waals surface area contributed by atoms with Crippen LogP contribution in [0.15, 0.2) is 40.9 Å². The van der Waals surface area contributed by atoms with Crippen LogP contribution in [0, 0.1) is 0 Å². The number of nitrogens with zero attached hydrogens (tertiary/aromatic N) is 1. The number of ether oxygens (including phenoxy) is 3. The molecule has 0 spiro atoms. The number of hydrogen-bond donors (Lipinski definition) is 1. The van der Waals surface area contributed by atoms with E-state index in [0.29, 0.717) is 30.3 Å². The number of halogens is 1. The van der Waals surface area contributed by atoms with E-state index in [1.807, 2.05) is 42.3 Å². The molecule has 0 saturated heterocycles. The molecular formula is C20H25BrN2O4. The number of carbonyl (C=O) groups excluding carboxylic acids is 1. The van der Waals surface area contributed by atoms with Gasteiger partial charge < -0.3 is 19.5 Å². The number of nitrogens with one attached hydrogen (secondary N) is 1. The maximum Gasteiger partial charge on any atom is 0.234 e. The first-order valence-electron chi connectivity index (χ1n) is 8.46. The Bertz CT molecular complexity index is 783. The van der Waals surface area contributed by atoms with Gasteiger partial charge >= 0.3 is 0 Å². The fraction of sp³-hybridized carbons (Fsp3) is 0.350. The molecule has 146 valence electrons. The lowest BCUT2D eigenvalue weighted by molar-refractivity contribution is -0.122. The largest absolute Gasteiger partial charge is 0.496 e. The zero-order chi connectivity index (χ0) is 19.8. The summed E-state index contributed by atoms with van der Waals surface area (Å²) in [4.78, 5) is 14.3. The topological polar surface area (TPSA) is 60.0 Å². The molecule has 7 heteroatoms. The number of hydrogen-bond acceptors (Lipinski definition) is 5. The van der Waals surface area contributed by atoms with Crippen molar-refractivity contribution in [3.8, 4) is 17.2 Å². The number of methoxy groups -OCH3 is 3. The molecule has 0 aliphatic rings. The van der Waals surface area contributed by atoms with Crippen molar-refractivity contribution in [3.63, 3.8) is 0 Å². The second-order valence-corrected chi connectivity index (χ2v) is 6.91. The molecule has 0 fully saturated rings. The molecule has 1 N–H and O–H groups in total. The van der Waals surface area contributed by atoms with Crippen LogP contribution in [0.4, 0.5) is 0 Å². The van der Waals surface area contributed by atoms with Gasteiger partial charge in [0.15, 0.2) is 11.5 Å². The summed E-state index contributed by atoms with van der Waals surface area (Å²) >= 11 is 3.53. The summed E-state index contributed by atoms with van der Waals surface area (Å²) < 4.78 is 17.0. The summed E-state index contributed by atoms with van der Waals surface area (Å²) in [5.41, 5.74) is 1.95. The zero-order valence-corrected chi connectivity index (χ0v) is 17.6. The van der Waals surface area contributed by atoms with E-state index in [2.05, 4.69) is 21.2 Å². The molecule has 0 atom stereocenters. The third-order valence-electron chi connectivity index (χ3n) is 4.07. The molecule has 6 nitrogen and oxygen atoms in total. The summed E-state index contributed by atoms with van der Waals surface area (Å²) in [6.45, 7) is 1.30. The van der Waals surface area contributed by atoms with Gasteiger partial charge in [-0.2, -0.15) is 0 Å².